The van der Waals surface area contributed by atoms with E-state index in [4.69, 9.17) is 4.74 Å². The molecular formula is C24H27FN6O4. The van der Waals surface area contributed by atoms with Crippen LogP contribution < -0.4 is 26.6 Å². The quantitative estimate of drug-likeness (QED) is 0.535. The largest absolute Gasteiger partial charge is 0.480 e. The lowest BCUT2D eigenvalue weighted by Crippen LogP contribution is -2.45. The minimum Gasteiger partial charge on any atom is -0.480 e. The highest BCUT2D eigenvalue weighted by atomic mass is 19.1. The highest BCUT2D eigenvalue weighted by molar-refractivity contribution is 5.94. The molecule has 10 nitrogen and oxygen atoms in total. The van der Waals surface area contributed by atoms with Crippen molar-refractivity contribution in [2.45, 2.75) is 32.0 Å². The van der Waals surface area contributed by atoms with Gasteiger partial charge in [0.25, 0.3) is 11.5 Å². The van der Waals surface area contributed by atoms with Gasteiger partial charge in [-0.25, -0.2) is 14.2 Å². The number of benzene rings is 1. The molecule has 2 aliphatic rings. The Bertz CT molecular complexity index is 1390. The summed E-state index contributed by atoms with van der Waals surface area (Å²) in [5.41, 5.74) is 0.291. The SMILES string of the molecule is Cn1c(=O)c2ccc(F)cc2n(CCN2CCC(NCc3ccc4c(n3)NC(=O)CO4)CC2)c1=O. The molecule has 0 aliphatic carbocycles. The van der Waals surface area contributed by atoms with E-state index in [2.05, 4.69) is 20.5 Å². The van der Waals surface area contributed by atoms with Crippen molar-refractivity contribution >= 4 is 22.6 Å². The molecule has 3 aromatic rings. The maximum atomic E-state index is 13.8. The highest BCUT2D eigenvalue weighted by Gasteiger charge is 2.21. The van der Waals surface area contributed by atoms with E-state index in [0.29, 0.717) is 48.1 Å². The molecule has 0 saturated carbocycles. The Morgan fingerprint density at radius 3 is 2.74 bits per heavy atom. The molecule has 2 aromatic heterocycles. The maximum absolute atomic E-state index is 13.8. The molecule has 0 atom stereocenters. The van der Waals surface area contributed by atoms with E-state index >= 15 is 0 Å². The third kappa shape index (κ3) is 4.82. The van der Waals surface area contributed by atoms with Crippen molar-refractivity contribution < 1.29 is 13.9 Å². The predicted octanol–water partition coefficient (Wildman–Crippen LogP) is 0.819. The minimum absolute atomic E-state index is 0.00892. The number of piperidine rings is 1. The molecule has 1 saturated heterocycles. The topological polar surface area (TPSA) is 110 Å². The van der Waals surface area contributed by atoms with Crippen LogP contribution in [-0.2, 0) is 24.9 Å². The van der Waals surface area contributed by atoms with Gasteiger partial charge in [-0.2, -0.15) is 0 Å². The van der Waals surface area contributed by atoms with Gasteiger partial charge >= 0.3 is 5.69 Å². The Morgan fingerprint density at radius 1 is 1.14 bits per heavy atom. The molecule has 1 aromatic carbocycles. The molecule has 5 rings (SSSR count). The minimum atomic E-state index is -0.478. The van der Waals surface area contributed by atoms with Crippen LogP contribution in [0, 0.1) is 5.82 Å². The summed E-state index contributed by atoms with van der Waals surface area (Å²) in [6, 6.07) is 7.94. The summed E-state index contributed by atoms with van der Waals surface area (Å²) >= 11 is 0. The molecule has 1 fully saturated rings. The standard InChI is InChI=1S/C24H27FN6O4/c1-29-23(33)18-4-2-15(25)12-19(18)31(24(29)34)11-10-30-8-6-16(7-9-30)26-13-17-3-5-20-22(27-17)28-21(32)14-35-20/h2-5,12,16,26H,6-11,13-14H2,1H3,(H,27,28,32). The number of rotatable bonds is 6. The molecule has 35 heavy (non-hydrogen) atoms. The number of hydrogen-bond acceptors (Lipinski definition) is 7. The van der Waals surface area contributed by atoms with Crippen molar-refractivity contribution in [3.05, 3.63) is 62.7 Å². The zero-order valence-electron chi connectivity index (χ0n) is 19.4. The number of aromatic nitrogens is 3. The van der Waals surface area contributed by atoms with Crippen molar-refractivity contribution in [1.29, 1.82) is 0 Å². The van der Waals surface area contributed by atoms with Crippen LogP contribution in [0.3, 0.4) is 0 Å². The first-order valence-electron chi connectivity index (χ1n) is 11.7. The summed E-state index contributed by atoms with van der Waals surface area (Å²) < 4.78 is 21.7. The lowest BCUT2D eigenvalue weighted by Gasteiger charge is -2.32. The monoisotopic (exact) mass is 482 g/mol. The highest BCUT2D eigenvalue weighted by Crippen LogP contribution is 2.25. The molecule has 11 heteroatoms. The van der Waals surface area contributed by atoms with Crippen LogP contribution in [0.1, 0.15) is 18.5 Å². The van der Waals surface area contributed by atoms with Crippen LogP contribution in [0.2, 0.25) is 0 Å². The second-order valence-corrected chi connectivity index (χ2v) is 8.94. The lowest BCUT2D eigenvalue weighted by atomic mass is 10.0. The van der Waals surface area contributed by atoms with E-state index in [-0.39, 0.29) is 12.5 Å². The molecule has 2 aliphatic heterocycles. The van der Waals surface area contributed by atoms with Gasteiger partial charge in [-0.05, 0) is 56.3 Å². The first-order valence-corrected chi connectivity index (χ1v) is 11.7. The van der Waals surface area contributed by atoms with Gasteiger partial charge < -0.3 is 20.3 Å². The number of carbonyl (C=O) groups excluding carboxylic acids is 1. The maximum Gasteiger partial charge on any atom is 0.331 e. The second kappa shape index (κ2) is 9.59. The van der Waals surface area contributed by atoms with Crippen molar-refractivity contribution in [1.82, 2.24) is 24.3 Å². The van der Waals surface area contributed by atoms with Gasteiger partial charge in [-0.1, -0.05) is 0 Å². The van der Waals surface area contributed by atoms with E-state index < -0.39 is 17.1 Å². The Kier molecular flexibility index (Phi) is 6.35. The van der Waals surface area contributed by atoms with Crippen LogP contribution in [0.25, 0.3) is 10.9 Å². The third-order valence-electron chi connectivity index (χ3n) is 6.64. The smallest absolute Gasteiger partial charge is 0.331 e. The van der Waals surface area contributed by atoms with Crippen LogP contribution in [0.4, 0.5) is 10.2 Å². The molecule has 4 heterocycles. The number of halogens is 1. The molecule has 0 spiro atoms. The molecule has 184 valence electrons. The Morgan fingerprint density at radius 2 is 1.94 bits per heavy atom. The number of nitrogens with zero attached hydrogens (tertiary/aromatic N) is 4. The Labute approximate surface area is 200 Å². The van der Waals surface area contributed by atoms with E-state index in [0.717, 1.165) is 36.2 Å². The van der Waals surface area contributed by atoms with E-state index in [1.807, 2.05) is 12.1 Å². The Hall–Kier alpha value is -3.57. The number of pyridine rings is 1. The average Bonchev–Trinajstić information content (AvgIpc) is 2.86. The van der Waals surface area contributed by atoms with Crippen LogP contribution >= 0.6 is 0 Å². The number of ether oxygens (including phenoxy) is 1. The van der Waals surface area contributed by atoms with Crippen LogP contribution in [0.5, 0.6) is 5.75 Å². The van der Waals surface area contributed by atoms with Crippen molar-refractivity contribution in [2.24, 2.45) is 7.05 Å². The van der Waals surface area contributed by atoms with Gasteiger partial charge in [0.1, 0.15) is 5.82 Å². The number of likely N-dealkylation sites (tertiary alicyclic amines) is 1. The molecule has 2 N–H and O–H groups in total. The zero-order chi connectivity index (χ0) is 24.5. The van der Waals surface area contributed by atoms with Gasteiger partial charge in [-0.15, -0.1) is 0 Å². The zero-order valence-corrected chi connectivity index (χ0v) is 19.4. The summed E-state index contributed by atoms with van der Waals surface area (Å²) in [6.07, 6.45) is 1.87. The number of carbonyl (C=O) groups is 1. The normalized spacial score (nSPS) is 16.7. The summed E-state index contributed by atoms with van der Waals surface area (Å²) in [6.45, 7) is 3.30. The number of anilines is 1. The van der Waals surface area contributed by atoms with E-state index in [9.17, 15) is 18.8 Å². The first-order chi connectivity index (χ1) is 16.9. The number of nitrogens with one attached hydrogen (secondary N) is 2. The second-order valence-electron chi connectivity index (χ2n) is 8.94. The molecule has 0 radical (unpaired) electrons. The number of amides is 1. The third-order valence-corrected chi connectivity index (χ3v) is 6.64. The molecular weight excluding hydrogens is 455 g/mol. The van der Waals surface area contributed by atoms with Gasteiger partial charge in [0, 0.05) is 32.7 Å². The number of fused-ring (bicyclic) bond motifs is 2. The van der Waals surface area contributed by atoms with E-state index in [1.165, 1.54) is 29.8 Å². The molecule has 1 amide bonds. The van der Waals surface area contributed by atoms with Crippen molar-refractivity contribution in [2.75, 3.05) is 31.6 Å². The van der Waals surface area contributed by atoms with Crippen molar-refractivity contribution in [3.8, 4) is 5.75 Å². The molecule has 0 unspecified atom stereocenters. The first kappa shape index (κ1) is 23.2. The fourth-order valence-corrected chi connectivity index (χ4v) is 4.63. The number of hydrogen-bond donors (Lipinski definition) is 2. The van der Waals surface area contributed by atoms with Gasteiger partial charge in [0.2, 0.25) is 0 Å². The average molecular weight is 483 g/mol. The van der Waals surface area contributed by atoms with Gasteiger partial charge in [0.15, 0.2) is 18.2 Å². The molecule has 0 bridgehead atoms. The summed E-state index contributed by atoms with van der Waals surface area (Å²) in [5, 5.41) is 6.58. The van der Waals surface area contributed by atoms with Crippen LogP contribution in [0.15, 0.2) is 39.9 Å². The summed E-state index contributed by atoms with van der Waals surface area (Å²) in [4.78, 5) is 43.3. The van der Waals surface area contributed by atoms with E-state index in [1.54, 1.807) is 0 Å². The predicted molar refractivity (Wildman–Crippen MR) is 128 cm³/mol. The summed E-state index contributed by atoms with van der Waals surface area (Å²) in [7, 11) is 1.44. The fraction of sp³-hybridized carbons (Fsp3) is 0.417. The fourth-order valence-electron chi connectivity index (χ4n) is 4.63. The lowest BCUT2D eigenvalue weighted by molar-refractivity contribution is -0.118. The van der Waals surface area contributed by atoms with Gasteiger partial charge in [0.05, 0.1) is 16.6 Å². The van der Waals surface area contributed by atoms with Crippen LogP contribution in [-0.4, -0.2) is 57.2 Å². The summed E-state index contributed by atoms with van der Waals surface area (Å²) in [5.74, 6) is 0.348. The van der Waals surface area contributed by atoms with Gasteiger partial charge in [-0.3, -0.25) is 18.7 Å². The van der Waals surface area contributed by atoms with Crippen molar-refractivity contribution in [3.63, 3.8) is 0 Å². The Balaban J connectivity index is 1.17.